The van der Waals surface area contributed by atoms with Crippen molar-refractivity contribution in [1.29, 1.82) is 0 Å². The van der Waals surface area contributed by atoms with E-state index in [4.69, 9.17) is 9.47 Å². The van der Waals surface area contributed by atoms with E-state index < -0.39 is 5.54 Å². The zero-order valence-electron chi connectivity index (χ0n) is 16.4. The van der Waals surface area contributed by atoms with Gasteiger partial charge in [0.05, 0.1) is 12.7 Å². The average Bonchev–Trinajstić information content (AvgIpc) is 3.05. The van der Waals surface area contributed by atoms with Crippen molar-refractivity contribution in [1.82, 2.24) is 4.90 Å². The molecule has 26 heavy (non-hydrogen) atoms. The van der Waals surface area contributed by atoms with Crippen LogP contribution in [0.5, 0.6) is 0 Å². The van der Waals surface area contributed by atoms with Crippen LogP contribution >= 0.6 is 0 Å². The second-order valence-electron chi connectivity index (χ2n) is 8.40. The van der Waals surface area contributed by atoms with Crippen molar-refractivity contribution in [3.63, 3.8) is 0 Å². The molecule has 0 aromatic rings. The summed E-state index contributed by atoms with van der Waals surface area (Å²) in [6.45, 7) is 7.42. The second kappa shape index (κ2) is 7.45. The van der Waals surface area contributed by atoms with Crippen LogP contribution in [-0.2, 0) is 19.1 Å². The fourth-order valence-corrected chi connectivity index (χ4v) is 4.68. The third-order valence-corrected chi connectivity index (χ3v) is 6.30. The molecule has 1 saturated heterocycles. The van der Waals surface area contributed by atoms with Crippen LogP contribution in [0.15, 0.2) is 23.9 Å². The van der Waals surface area contributed by atoms with Crippen molar-refractivity contribution < 1.29 is 19.1 Å². The van der Waals surface area contributed by atoms with Crippen molar-refractivity contribution in [2.45, 2.75) is 64.5 Å². The Morgan fingerprint density at radius 2 is 2.08 bits per heavy atom. The summed E-state index contributed by atoms with van der Waals surface area (Å²) in [6, 6.07) is 0. The smallest absolute Gasteiger partial charge is 0.339 e. The molecule has 5 nitrogen and oxygen atoms in total. The molecule has 0 N–H and O–H groups in total. The Morgan fingerprint density at radius 1 is 1.31 bits per heavy atom. The summed E-state index contributed by atoms with van der Waals surface area (Å²) < 4.78 is 10.9. The van der Waals surface area contributed by atoms with Gasteiger partial charge in [-0.05, 0) is 55.6 Å². The number of carbonyl (C=O) groups excluding carboxylic acids is 2. The Morgan fingerprint density at radius 3 is 2.77 bits per heavy atom. The van der Waals surface area contributed by atoms with Gasteiger partial charge in [0.1, 0.15) is 6.10 Å². The van der Waals surface area contributed by atoms with E-state index in [2.05, 4.69) is 20.8 Å². The predicted molar refractivity (Wildman–Crippen MR) is 99.1 cm³/mol. The first-order chi connectivity index (χ1) is 12.4. The van der Waals surface area contributed by atoms with Crippen LogP contribution in [-0.4, -0.2) is 42.1 Å². The molecule has 5 heteroatoms. The van der Waals surface area contributed by atoms with Crippen molar-refractivity contribution in [2.24, 2.45) is 17.8 Å². The molecule has 0 bridgehead atoms. The zero-order valence-corrected chi connectivity index (χ0v) is 16.4. The van der Waals surface area contributed by atoms with E-state index in [1.165, 1.54) is 13.5 Å². The maximum absolute atomic E-state index is 13.2. The molecule has 1 aliphatic carbocycles. The van der Waals surface area contributed by atoms with Crippen LogP contribution in [0.3, 0.4) is 0 Å². The van der Waals surface area contributed by atoms with E-state index in [0.717, 1.165) is 32.2 Å². The van der Waals surface area contributed by atoms with Crippen LogP contribution in [0, 0.1) is 17.8 Å². The highest BCUT2D eigenvalue weighted by atomic mass is 16.5. The number of fused-ring (bicyclic) bond motifs is 1. The number of nitrogens with zero attached hydrogens (tertiary/aromatic N) is 1. The van der Waals surface area contributed by atoms with Gasteiger partial charge in [-0.15, -0.1) is 0 Å². The molecule has 1 saturated carbocycles. The van der Waals surface area contributed by atoms with E-state index in [1.54, 1.807) is 12.3 Å². The summed E-state index contributed by atoms with van der Waals surface area (Å²) in [5, 5.41) is 0. The van der Waals surface area contributed by atoms with Crippen molar-refractivity contribution in [3.8, 4) is 0 Å². The van der Waals surface area contributed by atoms with Crippen molar-refractivity contribution in [2.75, 3.05) is 13.7 Å². The molecular formula is C21H31NO4. The van der Waals surface area contributed by atoms with Crippen molar-refractivity contribution >= 4 is 11.9 Å². The van der Waals surface area contributed by atoms with Gasteiger partial charge in [0.15, 0.2) is 5.54 Å². The summed E-state index contributed by atoms with van der Waals surface area (Å²) in [4.78, 5) is 27.0. The minimum atomic E-state index is -0.764. The average molecular weight is 361 g/mol. The molecule has 3 rings (SSSR count). The van der Waals surface area contributed by atoms with Crippen LogP contribution < -0.4 is 0 Å². The quantitative estimate of drug-likeness (QED) is 0.718. The SMILES string of the molecule is COC(=O)C1=CN2CCC[C@]2(C(=O)O[C@@H]2C[C@H](C)CC[C@H]2C(C)C)C=C1. The van der Waals surface area contributed by atoms with Crippen LogP contribution in [0.2, 0.25) is 0 Å². The summed E-state index contributed by atoms with van der Waals surface area (Å²) in [7, 11) is 1.37. The molecule has 2 heterocycles. The molecule has 2 aliphatic heterocycles. The highest BCUT2D eigenvalue weighted by Gasteiger charge is 2.49. The van der Waals surface area contributed by atoms with Gasteiger partial charge in [0.25, 0.3) is 0 Å². The Hall–Kier alpha value is -1.78. The molecule has 0 spiro atoms. The standard InChI is InChI=1S/C21H31NO4/c1-14(2)17-7-6-15(3)12-18(17)26-20(24)21-9-5-11-22(21)13-16(8-10-21)19(23)25-4/h8,10,13-15,17-18H,5-7,9,11-12H2,1-4H3/t15-,17+,18-,21-/m1/s1. The van der Waals surface area contributed by atoms with Gasteiger partial charge in [0, 0.05) is 12.7 Å². The zero-order chi connectivity index (χ0) is 18.9. The van der Waals surface area contributed by atoms with Crippen LogP contribution in [0.4, 0.5) is 0 Å². The van der Waals surface area contributed by atoms with Gasteiger partial charge in [0.2, 0.25) is 0 Å². The molecule has 144 valence electrons. The topological polar surface area (TPSA) is 55.8 Å². The van der Waals surface area contributed by atoms with Gasteiger partial charge in [-0.1, -0.05) is 27.2 Å². The van der Waals surface area contributed by atoms with Gasteiger partial charge in [-0.2, -0.15) is 0 Å². The molecule has 0 amide bonds. The Balaban J connectivity index is 1.77. The second-order valence-corrected chi connectivity index (χ2v) is 8.40. The van der Waals surface area contributed by atoms with E-state index in [1.807, 2.05) is 11.0 Å². The third kappa shape index (κ3) is 3.40. The van der Waals surface area contributed by atoms with E-state index in [-0.39, 0.29) is 18.0 Å². The molecule has 0 unspecified atom stereocenters. The molecule has 3 aliphatic rings. The lowest BCUT2D eigenvalue weighted by Crippen LogP contribution is -2.51. The van der Waals surface area contributed by atoms with Crippen LogP contribution in [0.25, 0.3) is 0 Å². The number of rotatable bonds is 4. The minimum absolute atomic E-state index is 0.0116. The van der Waals surface area contributed by atoms with Gasteiger partial charge in [-0.25, -0.2) is 9.59 Å². The van der Waals surface area contributed by atoms with Gasteiger partial charge < -0.3 is 14.4 Å². The predicted octanol–water partition coefficient (Wildman–Crippen LogP) is 3.45. The number of carbonyl (C=O) groups is 2. The lowest BCUT2D eigenvalue weighted by Gasteiger charge is -2.41. The monoisotopic (exact) mass is 361 g/mol. The summed E-state index contributed by atoms with van der Waals surface area (Å²) in [5.74, 6) is 0.973. The minimum Gasteiger partial charge on any atom is -0.465 e. The first kappa shape index (κ1) is 19.0. The Labute approximate surface area is 156 Å². The Bertz CT molecular complexity index is 624. The lowest BCUT2D eigenvalue weighted by atomic mass is 9.75. The number of hydrogen-bond donors (Lipinski definition) is 0. The molecule has 0 radical (unpaired) electrons. The first-order valence-electron chi connectivity index (χ1n) is 9.84. The molecular weight excluding hydrogens is 330 g/mol. The first-order valence-corrected chi connectivity index (χ1v) is 9.84. The van der Waals surface area contributed by atoms with Crippen LogP contribution in [0.1, 0.15) is 52.9 Å². The largest absolute Gasteiger partial charge is 0.465 e. The Kier molecular flexibility index (Phi) is 5.44. The summed E-state index contributed by atoms with van der Waals surface area (Å²) in [6.07, 6.45) is 10.2. The molecule has 4 atom stereocenters. The number of ether oxygens (including phenoxy) is 2. The number of hydrogen-bond acceptors (Lipinski definition) is 5. The highest BCUT2D eigenvalue weighted by Crippen LogP contribution is 2.40. The van der Waals surface area contributed by atoms with E-state index in [9.17, 15) is 9.59 Å². The van der Waals surface area contributed by atoms with Gasteiger partial charge in [-0.3, -0.25) is 0 Å². The lowest BCUT2D eigenvalue weighted by molar-refractivity contribution is -0.165. The van der Waals surface area contributed by atoms with Gasteiger partial charge >= 0.3 is 11.9 Å². The molecule has 0 aromatic heterocycles. The van der Waals surface area contributed by atoms with E-state index in [0.29, 0.717) is 23.3 Å². The highest BCUT2D eigenvalue weighted by molar-refractivity contribution is 5.93. The number of methoxy groups -OCH3 is 1. The van der Waals surface area contributed by atoms with Crippen molar-refractivity contribution in [3.05, 3.63) is 23.9 Å². The summed E-state index contributed by atoms with van der Waals surface area (Å²) in [5.41, 5.74) is -0.288. The van der Waals surface area contributed by atoms with E-state index >= 15 is 0 Å². The fraction of sp³-hybridized carbons (Fsp3) is 0.714. The molecule has 2 fully saturated rings. The number of esters is 2. The molecule has 0 aromatic carbocycles. The third-order valence-electron chi connectivity index (χ3n) is 6.30. The fourth-order valence-electron chi connectivity index (χ4n) is 4.68. The summed E-state index contributed by atoms with van der Waals surface area (Å²) >= 11 is 0. The maximum atomic E-state index is 13.2. The normalized spacial score (nSPS) is 33.7. The maximum Gasteiger partial charge on any atom is 0.339 e.